The van der Waals surface area contributed by atoms with Crippen molar-refractivity contribution < 1.29 is 9.47 Å². The fourth-order valence-electron chi connectivity index (χ4n) is 4.12. The van der Waals surface area contributed by atoms with Crippen LogP contribution >= 0.6 is 36.4 Å². The molecule has 0 aromatic heterocycles. The minimum absolute atomic E-state index is 0. The number of methoxy groups -OCH3 is 2. The number of ether oxygens (including phenoxy) is 2. The molecule has 7 heteroatoms. The Kier molecular flexibility index (Phi) is 9.68. The van der Waals surface area contributed by atoms with Crippen molar-refractivity contribution in [1.29, 1.82) is 0 Å². The van der Waals surface area contributed by atoms with Crippen LogP contribution in [0.1, 0.15) is 37.3 Å². The molecular formula is C18H29Cl3N2O2. The van der Waals surface area contributed by atoms with Gasteiger partial charge in [-0.05, 0) is 30.4 Å². The molecule has 0 radical (unpaired) electrons. The van der Waals surface area contributed by atoms with Crippen molar-refractivity contribution >= 4 is 36.4 Å². The van der Waals surface area contributed by atoms with Crippen molar-refractivity contribution in [2.45, 2.75) is 31.7 Å². The molecule has 1 saturated carbocycles. The topological polar surface area (TPSA) is 33.7 Å². The summed E-state index contributed by atoms with van der Waals surface area (Å²) in [6.45, 7) is 4.25. The summed E-state index contributed by atoms with van der Waals surface area (Å²) in [4.78, 5) is 2.60. The fraction of sp³-hybridized carbons (Fsp3) is 0.667. The summed E-state index contributed by atoms with van der Waals surface area (Å²) in [6.07, 6.45) is 5.24. The molecule has 1 aromatic carbocycles. The van der Waals surface area contributed by atoms with E-state index < -0.39 is 0 Å². The Hall–Kier alpha value is -0.390. The van der Waals surface area contributed by atoms with Crippen LogP contribution in [0.5, 0.6) is 11.5 Å². The van der Waals surface area contributed by atoms with Gasteiger partial charge in [-0.3, -0.25) is 4.90 Å². The molecule has 1 saturated heterocycles. The molecule has 2 fully saturated rings. The average molecular weight is 412 g/mol. The Morgan fingerprint density at radius 1 is 1.08 bits per heavy atom. The maximum Gasteiger partial charge on any atom is 0.179 e. The maximum absolute atomic E-state index is 6.74. The van der Waals surface area contributed by atoms with Crippen molar-refractivity contribution in [2.24, 2.45) is 5.92 Å². The third-order valence-corrected chi connectivity index (χ3v) is 5.61. The van der Waals surface area contributed by atoms with E-state index in [-0.39, 0.29) is 24.8 Å². The number of piperazine rings is 1. The molecule has 3 rings (SSSR count). The van der Waals surface area contributed by atoms with Crippen LogP contribution in [0.4, 0.5) is 0 Å². The van der Waals surface area contributed by atoms with Crippen LogP contribution < -0.4 is 14.8 Å². The third-order valence-electron chi connectivity index (χ3n) is 5.22. The molecule has 0 spiro atoms. The predicted molar refractivity (Wildman–Crippen MR) is 108 cm³/mol. The number of hydrogen-bond acceptors (Lipinski definition) is 4. The second-order valence-corrected chi connectivity index (χ2v) is 6.86. The minimum atomic E-state index is 0. The lowest BCUT2D eigenvalue weighted by atomic mass is 9.89. The number of nitrogens with zero attached hydrogens (tertiary/aromatic N) is 1. The Labute approximate surface area is 168 Å². The predicted octanol–water partition coefficient (Wildman–Crippen LogP) is 4.34. The van der Waals surface area contributed by atoms with Crippen molar-refractivity contribution in [1.82, 2.24) is 10.2 Å². The van der Waals surface area contributed by atoms with Crippen LogP contribution in [0, 0.1) is 5.92 Å². The molecule has 0 bridgehead atoms. The van der Waals surface area contributed by atoms with Crippen LogP contribution in [0.15, 0.2) is 12.1 Å². The quantitative estimate of drug-likeness (QED) is 0.781. The van der Waals surface area contributed by atoms with Crippen molar-refractivity contribution in [3.63, 3.8) is 0 Å². The highest BCUT2D eigenvalue weighted by Crippen LogP contribution is 2.46. The summed E-state index contributed by atoms with van der Waals surface area (Å²) in [5, 5.41) is 4.16. The van der Waals surface area contributed by atoms with E-state index >= 15 is 0 Å². The van der Waals surface area contributed by atoms with E-state index in [1.807, 2.05) is 6.07 Å². The van der Waals surface area contributed by atoms with Crippen LogP contribution in [0.3, 0.4) is 0 Å². The van der Waals surface area contributed by atoms with Gasteiger partial charge in [-0.1, -0.05) is 30.5 Å². The zero-order chi connectivity index (χ0) is 16.2. The molecule has 144 valence electrons. The lowest BCUT2D eigenvalue weighted by Crippen LogP contribution is -2.46. The van der Waals surface area contributed by atoms with Crippen LogP contribution in [-0.4, -0.2) is 45.3 Å². The summed E-state index contributed by atoms with van der Waals surface area (Å²) in [7, 11) is 3.31. The second kappa shape index (κ2) is 10.7. The van der Waals surface area contributed by atoms with Gasteiger partial charge >= 0.3 is 0 Å². The van der Waals surface area contributed by atoms with E-state index in [4.69, 9.17) is 21.1 Å². The van der Waals surface area contributed by atoms with E-state index in [0.29, 0.717) is 28.5 Å². The summed E-state index contributed by atoms with van der Waals surface area (Å²) >= 11 is 6.74. The number of nitrogens with one attached hydrogen (secondary N) is 1. The molecule has 1 heterocycles. The van der Waals surface area contributed by atoms with Crippen molar-refractivity contribution in [2.75, 3.05) is 40.4 Å². The van der Waals surface area contributed by atoms with E-state index in [1.165, 1.54) is 31.2 Å². The first-order chi connectivity index (χ1) is 11.3. The van der Waals surface area contributed by atoms with E-state index in [0.717, 1.165) is 26.2 Å². The zero-order valence-electron chi connectivity index (χ0n) is 14.9. The second-order valence-electron chi connectivity index (χ2n) is 6.48. The number of rotatable bonds is 5. The highest BCUT2D eigenvalue weighted by atomic mass is 35.5. The number of hydrogen-bond donors (Lipinski definition) is 1. The average Bonchev–Trinajstić information content (AvgIpc) is 3.11. The molecule has 4 nitrogen and oxygen atoms in total. The Bertz CT molecular complexity index is 533. The van der Waals surface area contributed by atoms with Crippen molar-refractivity contribution in [3.8, 4) is 11.5 Å². The molecule has 0 amide bonds. The molecule has 1 atom stereocenters. The van der Waals surface area contributed by atoms with Gasteiger partial charge in [0.25, 0.3) is 0 Å². The van der Waals surface area contributed by atoms with Gasteiger partial charge in [0, 0.05) is 32.2 Å². The smallest absolute Gasteiger partial charge is 0.179 e. The lowest BCUT2D eigenvalue weighted by Gasteiger charge is -2.39. The van der Waals surface area contributed by atoms with Gasteiger partial charge in [0.1, 0.15) is 0 Å². The standard InChI is InChI=1S/C18H27ClN2O2.2ClH/c1-22-15-8-7-14(16(19)18(15)23-2)17(13-5-3-4-6-13)21-11-9-20-10-12-21;;/h7-8,13,17,20H,3-6,9-12H2,1-2H3;2*1H/t17-;;/m1../s1. The number of halogens is 3. The van der Waals surface area contributed by atoms with Gasteiger partial charge in [0.15, 0.2) is 11.5 Å². The lowest BCUT2D eigenvalue weighted by molar-refractivity contribution is 0.125. The maximum atomic E-state index is 6.74. The monoisotopic (exact) mass is 410 g/mol. The summed E-state index contributed by atoms with van der Waals surface area (Å²) < 4.78 is 10.9. The Morgan fingerprint density at radius 2 is 1.72 bits per heavy atom. The highest BCUT2D eigenvalue weighted by Gasteiger charge is 2.34. The Morgan fingerprint density at radius 3 is 2.28 bits per heavy atom. The molecular weight excluding hydrogens is 383 g/mol. The first-order valence-corrected chi connectivity index (χ1v) is 8.99. The van der Waals surface area contributed by atoms with Gasteiger partial charge < -0.3 is 14.8 Å². The first kappa shape index (κ1) is 22.7. The van der Waals surface area contributed by atoms with Gasteiger partial charge in [-0.2, -0.15) is 0 Å². The van der Waals surface area contributed by atoms with E-state index in [9.17, 15) is 0 Å². The largest absolute Gasteiger partial charge is 0.493 e. The molecule has 1 aliphatic carbocycles. The van der Waals surface area contributed by atoms with Crippen molar-refractivity contribution in [3.05, 3.63) is 22.7 Å². The summed E-state index contributed by atoms with van der Waals surface area (Å²) in [6, 6.07) is 4.51. The molecule has 0 unspecified atom stereocenters. The van der Waals surface area contributed by atoms with Crippen LogP contribution in [-0.2, 0) is 0 Å². The summed E-state index contributed by atoms with van der Waals surface area (Å²) in [5.41, 5.74) is 1.19. The Balaban J connectivity index is 0.00000156. The van der Waals surface area contributed by atoms with Crippen LogP contribution in [0.2, 0.25) is 5.02 Å². The third kappa shape index (κ3) is 4.86. The SMILES string of the molecule is COc1ccc([C@@H](C2CCCC2)N2CCNCC2)c(Cl)c1OC.Cl.Cl. The van der Waals surface area contributed by atoms with Gasteiger partial charge in [0.2, 0.25) is 0 Å². The molecule has 1 aromatic rings. The first-order valence-electron chi connectivity index (χ1n) is 8.61. The number of benzene rings is 1. The molecule has 25 heavy (non-hydrogen) atoms. The van der Waals surface area contributed by atoms with E-state index in [2.05, 4.69) is 16.3 Å². The molecule has 1 aliphatic heterocycles. The van der Waals surface area contributed by atoms with Gasteiger partial charge in [-0.15, -0.1) is 24.8 Å². The van der Waals surface area contributed by atoms with Gasteiger partial charge in [-0.25, -0.2) is 0 Å². The summed E-state index contributed by atoms with van der Waals surface area (Å²) in [5.74, 6) is 2.04. The minimum Gasteiger partial charge on any atom is -0.493 e. The van der Waals surface area contributed by atoms with Gasteiger partial charge in [0.05, 0.1) is 19.2 Å². The normalized spacial score (nSPS) is 19.6. The zero-order valence-corrected chi connectivity index (χ0v) is 17.3. The van der Waals surface area contributed by atoms with E-state index in [1.54, 1.807) is 14.2 Å². The highest BCUT2D eigenvalue weighted by molar-refractivity contribution is 6.33. The fourth-order valence-corrected chi connectivity index (χ4v) is 4.46. The van der Waals surface area contributed by atoms with Crippen LogP contribution in [0.25, 0.3) is 0 Å². The molecule has 1 N–H and O–H groups in total. The molecule has 2 aliphatic rings.